The highest BCUT2D eigenvalue weighted by atomic mass is 16.5. The summed E-state index contributed by atoms with van der Waals surface area (Å²) in [6.45, 7) is 0. The SMILES string of the molecule is N#C[C@@H]1Oc2ccccc2[C@@]1(O)c1ccccc1. The molecular weight excluding hydrogens is 226 g/mol. The zero-order valence-corrected chi connectivity index (χ0v) is 9.58. The van der Waals surface area contributed by atoms with Crippen molar-refractivity contribution in [3.05, 3.63) is 65.7 Å². The van der Waals surface area contributed by atoms with E-state index in [2.05, 4.69) is 0 Å². The van der Waals surface area contributed by atoms with Gasteiger partial charge in [-0.2, -0.15) is 5.26 Å². The standard InChI is InChI=1S/C15H11NO2/c16-10-14-15(17,11-6-2-1-3-7-11)12-8-4-5-9-13(12)18-14/h1-9,14,17H/t14-,15-/m0/s1. The fraction of sp³-hybridized carbons (Fsp3) is 0.133. The van der Waals surface area contributed by atoms with Crippen LogP contribution in [-0.2, 0) is 5.60 Å². The van der Waals surface area contributed by atoms with E-state index < -0.39 is 11.7 Å². The molecule has 0 amide bonds. The van der Waals surface area contributed by atoms with Crippen LogP contribution < -0.4 is 4.74 Å². The van der Waals surface area contributed by atoms with Crippen LogP contribution in [0.5, 0.6) is 5.75 Å². The van der Waals surface area contributed by atoms with Crippen molar-refractivity contribution in [3.8, 4) is 11.8 Å². The number of rotatable bonds is 1. The van der Waals surface area contributed by atoms with E-state index >= 15 is 0 Å². The first-order valence-corrected chi connectivity index (χ1v) is 5.70. The Hall–Kier alpha value is -2.31. The van der Waals surface area contributed by atoms with E-state index in [9.17, 15) is 10.4 Å². The highest BCUT2D eigenvalue weighted by molar-refractivity contribution is 5.51. The molecule has 0 aromatic heterocycles. The lowest BCUT2D eigenvalue weighted by Gasteiger charge is -2.25. The maximum absolute atomic E-state index is 10.9. The smallest absolute Gasteiger partial charge is 0.221 e. The zero-order valence-electron chi connectivity index (χ0n) is 9.58. The zero-order chi connectivity index (χ0) is 12.6. The van der Waals surface area contributed by atoms with Gasteiger partial charge in [-0.15, -0.1) is 0 Å². The third kappa shape index (κ3) is 1.33. The average molecular weight is 237 g/mol. The van der Waals surface area contributed by atoms with Crippen LogP contribution in [0.15, 0.2) is 54.6 Å². The Kier molecular flexibility index (Phi) is 2.32. The maximum Gasteiger partial charge on any atom is 0.221 e. The lowest BCUT2D eigenvalue weighted by molar-refractivity contribution is 0.0220. The van der Waals surface area contributed by atoms with Crippen molar-refractivity contribution in [3.63, 3.8) is 0 Å². The molecule has 2 aromatic carbocycles. The van der Waals surface area contributed by atoms with Gasteiger partial charge in [-0.25, -0.2) is 0 Å². The predicted molar refractivity (Wildman–Crippen MR) is 65.9 cm³/mol. The summed E-state index contributed by atoms with van der Waals surface area (Å²) >= 11 is 0. The van der Waals surface area contributed by atoms with Crippen molar-refractivity contribution in [1.82, 2.24) is 0 Å². The second-order valence-corrected chi connectivity index (χ2v) is 4.26. The number of para-hydroxylation sites is 1. The van der Waals surface area contributed by atoms with E-state index in [1.165, 1.54) is 0 Å². The molecule has 0 saturated carbocycles. The molecule has 0 unspecified atom stereocenters. The summed E-state index contributed by atoms with van der Waals surface area (Å²) in [5.41, 5.74) is -0.0867. The minimum absolute atomic E-state index is 0.565. The molecule has 1 N–H and O–H groups in total. The van der Waals surface area contributed by atoms with Gasteiger partial charge in [0.15, 0.2) is 5.60 Å². The summed E-state index contributed by atoms with van der Waals surface area (Å²) in [5.74, 6) is 0.565. The topological polar surface area (TPSA) is 53.2 Å². The fourth-order valence-electron chi connectivity index (χ4n) is 2.36. The lowest BCUT2D eigenvalue weighted by Crippen LogP contribution is -2.38. The second-order valence-electron chi connectivity index (χ2n) is 4.26. The van der Waals surface area contributed by atoms with E-state index in [0.29, 0.717) is 16.9 Å². The molecule has 3 rings (SSSR count). The van der Waals surface area contributed by atoms with Crippen LogP contribution in [0.1, 0.15) is 11.1 Å². The molecule has 3 heteroatoms. The van der Waals surface area contributed by atoms with E-state index in [1.807, 2.05) is 36.4 Å². The molecule has 0 aliphatic carbocycles. The number of nitrogens with zero attached hydrogens (tertiary/aromatic N) is 1. The van der Waals surface area contributed by atoms with E-state index in [1.54, 1.807) is 24.3 Å². The van der Waals surface area contributed by atoms with Crippen LogP contribution in [0.4, 0.5) is 0 Å². The van der Waals surface area contributed by atoms with Gasteiger partial charge in [0, 0.05) is 5.56 Å². The third-order valence-corrected chi connectivity index (χ3v) is 3.25. The summed E-state index contributed by atoms with van der Waals surface area (Å²) in [5, 5.41) is 20.1. The summed E-state index contributed by atoms with van der Waals surface area (Å²) in [6, 6.07) is 18.4. The summed E-state index contributed by atoms with van der Waals surface area (Å²) in [7, 11) is 0. The number of hydrogen-bond acceptors (Lipinski definition) is 3. The molecule has 0 saturated heterocycles. The van der Waals surface area contributed by atoms with Gasteiger partial charge in [0.2, 0.25) is 6.10 Å². The van der Waals surface area contributed by atoms with Crippen LogP contribution >= 0.6 is 0 Å². The van der Waals surface area contributed by atoms with Gasteiger partial charge in [0.05, 0.1) is 0 Å². The lowest BCUT2D eigenvalue weighted by atomic mass is 9.84. The molecule has 1 aliphatic heterocycles. The first-order valence-electron chi connectivity index (χ1n) is 5.70. The largest absolute Gasteiger partial charge is 0.471 e. The van der Waals surface area contributed by atoms with Gasteiger partial charge in [-0.05, 0) is 11.6 Å². The van der Waals surface area contributed by atoms with E-state index in [4.69, 9.17) is 4.74 Å². The summed E-state index contributed by atoms with van der Waals surface area (Å²) < 4.78 is 5.52. The van der Waals surface area contributed by atoms with Crippen molar-refractivity contribution in [2.45, 2.75) is 11.7 Å². The predicted octanol–water partition coefficient (Wildman–Crippen LogP) is 2.21. The van der Waals surface area contributed by atoms with Gasteiger partial charge < -0.3 is 9.84 Å². The molecule has 0 bridgehead atoms. The van der Waals surface area contributed by atoms with Crippen molar-refractivity contribution in [2.75, 3.05) is 0 Å². The molecule has 3 nitrogen and oxygen atoms in total. The summed E-state index contributed by atoms with van der Waals surface area (Å²) in [6.07, 6.45) is -0.919. The number of ether oxygens (including phenoxy) is 1. The van der Waals surface area contributed by atoms with Crippen LogP contribution in [-0.4, -0.2) is 11.2 Å². The Labute approximate surface area is 105 Å². The second kappa shape index (κ2) is 3.86. The molecule has 0 radical (unpaired) electrons. The summed E-state index contributed by atoms with van der Waals surface area (Å²) in [4.78, 5) is 0. The van der Waals surface area contributed by atoms with Gasteiger partial charge in [0.25, 0.3) is 0 Å². The molecular formula is C15H11NO2. The van der Waals surface area contributed by atoms with E-state index in [-0.39, 0.29) is 0 Å². The Morgan fingerprint density at radius 1 is 1.06 bits per heavy atom. The van der Waals surface area contributed by atoms with Gasteiger partial charge in [-0.3, -0.25) is 0 Å². The minimum atomic E-state index is -1.40. The quantitative estimate of drug-likeness (QED) is 0.827. The number of fused-ring (bicyclic) bond motifs is 1. The van der Waals surface area contributed by atoms with E-state index in [0.717, 1.165) is 0 Å². The van der Waals surface area contributed by atoms with Crippen LogP contribution in [0, 0.1) is 11.3 Å². The first kappa shape index (κ1) is 10.8. The molecule has 1 heterocycles. The third-order valence-electron chi connectivity index (χ3n) is 3.25. The Morgan fingerprint density at radius 2 is 1.72 bits per heavy atom. The molecule has 0 spiro atoms. The van der Waals surface area contributed by atoms with Crippen molar-refractivity contribution in [1.29, 1.82) is 5.26 Å². The molecule has 0 fully saturated rings. The fourth-order valence-corrected chi connectivity index (χ4v) is 2.36. The highest BCUT2D eigenvalue weighted by Gasteiger charge is 2.49. The Balaban J connectivity index is 2.23. The average Bonchev–Trinajstić information content (AvgIpc) is 2.74. The Morgan fingerprint density at radius 3 is 2.44 bits per heavy atom. The highest BCUT2D eigenvalue weighted by Crippen LogP contribution is 2.45. The molecule has 2 atom stereocenters. The number of hydrogen-bond donors (Lipinski definition) is 1. The number of aliphatic hydroxyl groups is 1. The number of benzene rings is 2. The van der Waals surface area contributed by atoms with Gasteiger partial charge in [-0.1, -0.05) is 48.5 Å². The molecule has 2 aromatic rings. The normalized spacial score (nSPS) is 25.0. The van der Waals surface area contributed by atoms with Crippen molar-refractivity contribution >= 4 is 0 Å². The van der Waals surface area contributed by atoms with Crippen molar-refractivity contribution < 1.29 is 9.84 Å². The van der Waals surface area contributed by atoms with Gasteiger partial charge >= 0.3 is 0 Å². The molecule has 18 heavy (non-hydrogen) atoms. The van der Waals surface area contributed by atoms with Gasteiger partial charge in [0.1, 0.15) is 11.8 Å². The van der Waals surface area contributed by atoms with Crippen LogP contribution in [0.3, 0.4) is 0 Å². The maximum atomic E-state index is 10.9. The number of nitriles is 1. The molecule has 1 aliphatic rings. The van der Waals surface area contributed by atoms with Crippen molar-refractivity contribution in [2.24, 2.45) is 0 Å². The Bertz CT molecular complexity index is 618. The molecule has 88 valence electrons. The monoisotopic (exact) mass is 237 g/mol. The van der Waals surface area contributed by atoms with Crippen LogP contribution in [0.2, 0.25) is 0 Å². The minimum Gasteiger partial charge on any atom is -0.471 e. The van der Waals surface area contributed by atoms with Crippen LogP contribution in [0.25, 0.3) is 0 Å². The first-order chi connectivity index (χ1) is 8.76.